The number of ether oxygens (including phenoxy) is 1. The molecule has 11 heteroatoms. The Morgan fingerprint density at radius 1 is 1.16 bits per heavy atom. The number of nitriles is 1. The van der Waals surface area contributed by atoms with Crippen molar-refractivity contribution in [3.05, 3.63) is 112 Å². The van der Waals surface area contributed by atoms with Crippen LogP contribution >= 0.6 is 11.6 Å². The van der Waals surface area contributed by atoms with E-state index in [1.54, 1.807) is 48.9 Å². The molecule has 0 bridgehead atoms. The van der Waals surface area contributed by atoms with Crippen molar-refractivity contribution in [2.45, 2.75) is 33.2 Å². The quantitative estimate of drug-likeness (QED) is 0.228. The molecule has 5 aromatic rings. The molecule has 0 unspecified atom stereocenters. The number of carboxylic acids is 1. The van der Waals surface area contributed by atoms with Gasteiger partial charge in [0.05, 0.1) is 53.0 Å². The number of nitrogens with zero attached hydrogens (tertiary/aromatic N) is 7. The van der Waals surface area contributed by atoms with Gasteiger partial charge in [0, 0.05) is 37.1 Å². The largest absolute Gasteiger partial charge is 0.486 e. The molecular weight excluding hydrogens is 566 g/mol. The summed E-state index contributed by atoms with van der Waals surface area (Å²) in [4.78, 5) is 27.6. The van der Waals surface area contributed by atoms with Crippen LogP contribution in [0.25, 0.3) is 17.1 Å². The fraction of sp³-hybridized carbons (Fsp3) is 0.219. The zero-order chi connectivity index (χ0) is 29.9. The highest BCUT2D eigenvalue weighted by Crippen LogP contribution is 2.26. The fourth-order valence-corrected chi connectivity index (χ4v) is 5.40. The van der Waals surface area contributed by atoms with Gasteiger partial charge >= 0.3 is 5.97 Å². The second-order valence-corrected chi connectivity index (χ2v) is 10.8. The number of carboxylic acid groups (broad SMARTS) is 1. The van der Waals surface area contributed by atoms with Gasteiger partial charge < -0.3 is 19.0 Å². The Morgan fingerprint density at radius 2 is 2.02 bits per heavy atom. The number of hydrogen-bond donors (Lipinski definition) is 1. The predicted molar refractivity (Wildman–Crippen MR) is 162 cm³/mol. The number of aromatic carboxylic acids is 1. The number of halogens is 1. The summed E-state index contributed by atoms with van der Waals surface area (Å²) in [7, 11) is 0. The van der Waals surface area contributed by atoms with Crippen LogP contribution < -0.4 is 4.74 Å². The maximum atomic E-state index is 11.7. The number of rotatable bonds is 10. The minimum absolute atomic E-state index is 0.232. The van der Waals surface area contributed by atoms with Crippen LogP contribution in [0, 0.1) is 11.3 Å². The van der Waals surface area contributed by atoms with Crippen LogP contribution in [0.4, 0.5) is 0 Å². The molecule has 0 atom stereocenters. The zero-order valence-corrected chi connectivity index (χ0v) is 24.2. The number of aryl methyl sites for hydroxylation is 1. The van der Waals surface area contributed by atoms with Crippen molar-refractivity contribution < 1.29 is 14.6 Å². The number of aromatic nitrogens is 5. The fourth-order valence-electron chi connectivity index (χ4n) is 5.23. The topological polar surface area (TPSA) is 122 Å². The van der Waals surface area contributed by atoms with E-state index in [-0.39, 0.29) is 12.2 Å². The molecule has 6 rings (SSSR count). The number of likely N-dealkylation sites (tertiary alicyclic amines) is 1. The van der Waals surface area contributed by atoms with Crippen molar-refractivity contribution in [3.63, 3.8) is 0 Å². The third-order valence-corrected chi connectivity index (χ3v) is 7.64. The number of benzene rings is 2. The Morgan fingerprint density at radius 3 is 2.81 bits per heavy atom. The summed E-state index contributed by atoms with van der Waals surface area (Å²) in [5, 5.41) is 19.4. The molecule has 4 heterocycles. The Kier molecular flexibility index (Phi) is 7.92. The van der Waals surface area contributed by atoms with Gasteiger partial charge in [-0.15, -0.1) is 0 Å². The monoisotopic (exact) mass is 593 g/mol. The summed E-state index contributed by atoms with van der Waals surface area (Å²) in [5.74, 6) is 0.384. The van der Waals surface area contributed by atoms with E-state index in [4.69, 9.17) is 21.3 Å². The molecule has 1 saturated heterocycles. The normalized spacial score (nSPS) is 13.1. The van der Waals surface area contributed by atoms with E-state index in [1.165, 1.54) is 5.57 Å². The lowest BCUT2D eigenvalue weighted by Crippen LogP contribution is -2.40. The average Bonchev–Trinajstić information content (AvgIpc) is 3.59. The van der Waals surface area contributed by atoms with Gasteiger partial charge in [0.25, 0.3) is 0 Å². The van der Waals surface area contributed by atoms with Gasteiger partial charge in [-0.3, -0.25) is 9.88 Å². The van der Waals surface area contributed by atoms with E-state index in [2.05, 4.69) is 43.1 Å². The number of pyridine rings is 1. The van der Waals surface area contributed by atoms with Crippen LogP contribution in [0.2, 0.25) is 5.02 Å². The molecule has 0 saturated carbocycles. The van der Waals surface area contributed by atoms with E-state index >= 15 is 0 Å². The van der Waals surface area contributed by atoms with Gasteiger partial charge in [-0.2, -0.15) is 5.26 Å². The maximum absolute atomic E-state index is 11.7. The summed E-state index contributed by atoms with van der Waals surface area (Å²) < 4.78 is 10.0. The molecule has 0 amide bonds. The molecule has 10 nitrogen and oxygen atoms in total. The van der Waals surface area contributed by atoms with E-state index in [1.807, 2.05) is 18.3 Å². The summed E-state index contributed by atoms with van der Waals surface area (Å²) in [6.07, 6.45) is 7.56. The zero-order valence-electron chi connectivity index (χ0n) is 23.4. The smallest absolute Gasteiger partial charge is 0.335 e. The molecular formula is C32H28ClN7O3. The van der Waals surface area contributed by atoms with Crippen molar-refractivity contribution >= 4 is 34.7 Å². The minimum atomic E-state index is -0.963. The van der Waals surface area contributed by atoms with Gasteiger partial charge in [-0.05, 0) is 66.6 Å². The molecule has 1 aliphatic heterocycles. The molecule has 1 N–H and O–H groups in total. The third-order valence-electron chi connectivity index (χ3n) is 7.40. The Hall–Kier alpha value is -4.98. The van der Waals surface area contributed by atoms with E-state index in [0.29, 0.717) is 29.4 Å². The van der Waals surface area contributed by atoms with Gasteiger partial charge in [0.2, 0.25) is 0 Å². The van der Waals surface area contributed by atoms with Gasteiger partial charge in [0.15, 0.2) is 0 Å². The molecule has 0 aliphatic carbocycles. The average molecular weight is 594 g/mol. The first-order valence-corrected chi connectivity index (χ1v) is 14.2. The highest BCUT2D eigenvalue weighted by molar-refractivity contribution is 6.30. The standard InChI is InChI=1S/C32H28ClN7O3/c1-2-39-20-35-14-27(39)17-40-29-12-23(32(41)42)3-5-28(29)37-31(40)18-38-15-22(16-38)9-21-7-8-36-26(10-21)19-43-30-6-4-25(33)11-24(30)13-34/h3-12,14,20H,2,15-19H2,1H3,(H,41,42). The SMILES string of the molecule is CCn1cncc1Cn1c(CN2CC(=Cc3ccnc(COc4ccc(Cl)cc4C#N)c3)C2)nc2ccc(C(=O)O)cc21. The molecule has 0 radical (unpaired) electrons. The summed E-state index contributed by atoms with van der Waals surface area (Å²) in [6.45, 7) is 5.86. The lowest BCUT2D eigenvalue weighted by atomic mass is 10.0. The van der Waals surface area contributed by atoms with Crippen LogP contribution in [0.15, 0.2) is 72.8 Å². The van der Waals surface area contributed by atoms with Gasteiger partial charge in [-0.25, -0.2) is 14.8 Å². The first kappa shape index (κ1) is 28.2. The predicted octanol–water partition coefficient (Wildman–Crippen LogP) is 5.40. The van der Waals surface area contributed by atoms with E-state index in [0.717, 1.165) is 53.4 Å². The van der Waals surface area contributed by atoms with Crippen LogP contribution in [0.1, 0.15) is 45.6 Å². The Bertz CT molecular complexity index is 1890. The van der Waals surface area contributed by atoms with Crippen molar-refractivity contribution in [2.24, 2.45) is 0 Å². The number of hydrogen-bond acceptors (Lipinski definition) is 7. The van der Waals surface area contributed by atoms with Gasteiger partial charge in [-0.1, -0.05) is 17.7 Å². The van der Waals surface area contributed by atoms with Crippen LogP contribution in [0.5, 0.6) is 5.75 Å². The minimum Gasteiger partial charge on any atom is -0.486 e. The molecule has 1 fully saturated rings. The number of fused-ring (bicyclic) bond motifs is 1. The van der Waals surface area contributed by atoms with Crippen molar-refractivity contribution in [1.29, 1.82) is 5.26 Å². The number of carbonyl (C=O) groups is 1. The van der Waals surface area contributed by atoms with Crippen LogP contribution in [0.3, 0.4) is 0 Å². The highest BCUT2D eigenvalue weighted by atomic mass is 35.5. The van der Waals surface area contributed by atoms with Gasteiger partial charge in [0.1, 0.15) is 24.3 Å². The molecule has 0 spiro atoms. The lowest BCUT2D eigenvalue weighted by Gasteiger charge is -2.34. The molecule has 216 valence electrons. The first-order chi connectivity index (χ1) is 20.9. The molecule has 1 aliphatic rings. The second kappa shape index (κ2) is 12.1. The molecule has 43 heavy (non-hydrogen) atoms. The lowest BCUT2D eigenvalue weighted by molar-refractivity contribution is 0.0697. The van der Waals surface area contributed by atoms with E-state index in [9.17, 15) is 15.2 Å². The summed E-state index contributed by atoms with van der Waals surface area (Å²) >= 11 is 5.98. The van der Waals surface area contributed by atoms with Crippen molar-refractivity contribution in [2.75, 3.05) is 13.1 Å². The summed E-state index contributed by atoms with van der Waals surface area (Å²) in [5.41, 5.74) is 6.28. The van der Waals surface area contributed by atoms with Crippen LogP contribution in [-0.2, 0) is 26.2 Å². The number of imidazole rings is 2. The Balaban J connectivity index is 1.15. The van der Waals surface area contributed by atoms with Crippen molar-refractivity contribution in [1.82, 2.24) is 29.0 Å². The van der Waals surface area contributed by atoms with Crippen LogP contribution in [-0.4, -0.2) is 53.2 Å². The van der Waals surface area contributed by atoms with Crippen molar-refractivity contribution in [3.8, 4) is 11.8 Å². The molecule has 2 aromatic carbocycles. The maximum Gasteiger partial charge on any atom is 0.335 e. The molecule has 3 aromatic heterocycles. The first-order valence-electron chi connectivity index (χ1n) is 13.8. The third kappa shape index (κ3) is 6.14. The van der Waals surface area contributed by atoms with E-state index < -0.39 is 5.97 Å². The summed E-state index contributed by atoms with van der Waals surface area (Å²) in [6, 6.07) is 16.1. The second-order valence-electron chi connectivity index (χ2n) is 10.4. The Labute approximate surface area is 253 Å². The highest BCUT2D eigenvalue weighted by Gasteiger charge is 2.24.